The number of hydrogen-bond acceptors (Lipinski definition) is 7. The lowest BCUT2D eigenvalue weighted by molar-refractivity contribution is -0.282. The molecule has 1 aromatic carbocycles. The standard InChI is InChI=1S/C21H34N2O6/c1-4-27-20-18(23-17(24)11-12-22)21(28-5-2)29-16(19(20)25-3)14-26-13-15-9-7-6-8-10-15/h6-10,16,18-21H,4-5,11-14,22H2,1-3H3,(H,23,24)/t16?,18?,19-,20+,21?/m0/s1. The van der Waals surface area contributed by atoms with Crippen molar-refractivity contribution in [1.82, 2.24) is 5.32 Å². The fourth-order valence-electron chi connectivity index (χ4n) is 3.43. The van der Waals surface area contributed by atoms with Crippen LogP contribution in [-0.4, -0.2) is 70.0 Å². The molecule has 1 heterocycles. The van der Waals surface area contributed by atoms with E-state index in [2.05, 4.69) is 5.32 Å². The summed E-state index contributed by atoms with van der Waals surface area (Å²) in [5.41, 5.74) is 6.58. The van der Waals surface area contributed by atoms with Gasteiger partial charge in [0.25, 0.3) is 0 Å². The third-order valence-corrected chi connectivity index (χ3v) is 4.70. The highest BCUT2D eigenvalue weighted by molar-refractivity contribution is 5.76. The van der Waals surface area contributed by atoms with Gasteiger partial charge in [0.05, 0.1) is 13.2 Å². The van der Waals surface area contributed by atoms with Gasteiger partial charge in [-0.05, 0) is 19.4 Å². The lowest BCUT2D eigenvalue weighted by Crippen LogP contribution is -2.66. The van der Waals surface area contributed by atoms with Crippen LogP contribution in [0, 0.1) is 0 Å². The average Bonchev–Trinajstić information content (AvgIpc) is 2.72. The minimum absolute atomic E-state index is 0.177. The Labute approximate surface area is 173 Å². The van der Waals surface area contributed by atoms with Crippen LogP contribution in [0.5, 0.6) is 0 Å². The topological polar surface area (TPSA) is 101 Å². The maximum atomic E-state index is 12.2. The molecule has 29 heavy (non-hydrogen) atoms. The fraction of sp³-hybridized carbons (Fsp3) is 0.667. The SMILES string of the molecule is CCOC1OC(COCc2ccccc2)[C@H](OC)[C@H](OCC)C1NC(=O)CCN. The highest BCUT2D eigenvalue weighted by atomic mass is 16.7. The highest BCUT2D eigenvalue weighted by Gasteiger charge is 2.48. The van der Waals surface area contributed by atoms with E-state index >= 15 is 0 Å². The molecule has 1 saturated heterocycles. The summed E-state index contributed by atoms with van der Waals surface area (Å²) in [5, 5.41) is 2.94. The third kappa shape index (κ3) is 7.02. The number of benzene rings is 1. The molecule has 0 aliphatic carbocycles. The maximum Gasteiger partial charge on any atom is 0.221 e. The second-order valence-corrected chi connectivity index (χ2v) is 6.75. The number of ether oxygens (including phenoxy) is 5. The molecule has 3 unspecified atom stereocenters. The van der Waals surface area contributed by atoms with E-state index in [0.29, 0.717) is 26.4 Å². The number of carbonyl (C=O) groups excluding carboxylic acids is 1. The number of rotatable bonds is 12. The molecule has 1 aromatic rings. The van der Waals surface area contributed by atoms with Crippen LogP contribution in [0.2, 0.25) is 0 Å². The van der Waals surface area contributed by atoms with Gasteiger partial charge in [-0.1, -0.05) is 30.3 Å². The van der Waals surface area contributed by atoms with E-state index in [-0.39, 0.29) is 18.9 Å². The molecule has 2 rings (SSSR count). The summed E-state index contributed by atoms with van der Waals surface area (Å²) in [6.45, 7) is 5.71. The molecule has 1 aliphatic heterocycles. The molecule has 8 nitrogen and oxygen atoms in total. The van der Waals surface area contributed by atoms with Gasteiger partial charge in [0, 0.05) is 33.3 Å². The highest BCUT2D eigenvalue weighted by Crippen LogP contribution is 2.27. The monoisotopic (exact) mass is 410 g/mol. The normalized spacial score (nSPS) is 27.0. The summed E-state index contributed by atoms with van der Waals surface area (Å²) in [6.07, 6.45) is -1.72. The summed E-state index contributed by atoms with van der Waals surface area (Å²) in [4.78, 5) is 12.2. The molecule has 0 bridgehead atoms. The van der Waals surface area contributed by atoms with Crippen LogP contribution in [0.3, 0.4) is 0 Å². The summed E-state index contributed by atoms with van der Waals surface area (Å²) >= 11 is 0. The predicted molar refractivity (Wildman–Crippen MR) is 108 cm³/mol. The van der Waals surface area contributed by atoms with Crippen LogP contribution in [0.25, 0.3) is 0 Å². The zero-order valence-electron chi connectivity index (χ0n) is 17.5. The fourth-order valence-corrected chi connectivity index (χ4v) is 3.43. The Morgan fingerprint density at radius 1 is 1.14 bits per heavy atom. The van der Waals surface area contributed by atoms with Crippen LogP contribution in [0.1, 0.15) is 25.8 Å². The quantitative estimate of drug-likeness (QED) is 0.534. The minimum Gasteiger partial charge on any atom is -0.376 e. The van der Waals surface area contributed by atoms with E-state index < -0.39 is 30.6 Å². The van der Waals surface area contributed by atoms with Crippen molar-refractivity contribution in [1.29, 1.82) is 0 Å². The average molecular weight is 411 g/mol. The number of carbonyl (C=O) groups is 1. The summed E-state index contributed by atoms with van der Waals surface area (Å²) in [6, 6.07) is 9.41. The lowest BCUT2D eigenvalue weighted by Gasteiger charge is -2.45. The first-order valence-electron chi connectivity index (χ1n) is 10.2. The Kier molecular flexibility index (Phi) is 10.5. The molecular weight excluding hydrogens is 376 g/mol. The molecule has 0 aromatic heterocycles. The van der Waals surface area contributed by atoms with Crippen molar-refractivity contribution in [3.63, 3.8) is 0 Å². The number of nitrogens with one attached hydrogen (secondary N) is 1. The molecule has 3 N–H and O–H groups in total. The van der Waals surface area contributed by atoms with E-state index in [1.165, 1.54) is 0 Å². The van der Waals surface area contributed by atoms with E-state index in [9.17, 15) is 4.79 Å². The Balaban J connectivity index is 2.10. The maximum absolute atomic E-state index is 12.2. The predicted octanol–water partition coefficient (Wildman–Crippen LogP) is 1.22. The third-order valence-electron chi connectivity index (χ3n) is 4.70. The van der Waals surface area contributed by atoms with E-state index in [1.807, 2.05) is 44.2 Å². The molecule has 0 saturated carbocycles. The largest absolute Gasteiger partial charge is 0.376 e. The van der Waals surface area contributed by atoms with Gasteiger partial charge in [0.2, 0.25) is 5.91 Å². The van der Waals surface area contributed by atoms with Crippen LogP contribution < -0.4 is 11.1 Å². The van der Waals surface area contributed by atoms with Crippen LogP contribution in [0.15, 0.2) is 30.3 Å². The van der Waals surface area contributed by atoms with Crippen molar-refractivity contribution in [2.75, 3.05) is 33.5 Å². The van der Waals surface area contributed by atoms with Gasteiger partial charge in [-0.25, -0.2) is 0 Å². The molecule has 1 fully saturated rings. The van der Waals surface area contributed by atoms with E-state index in [0.717, 1.165) is 5.56 Å². The Morgan fingerprint density at radius 3 is 2.48 bits per heavy atom. The van der Waals surface area contributed by atoms with E-state index in [4.69, 9.17) is 29.4 Å². The zero-order valence-corrected chi connectivity index (χ0v) is 17.5. The second kappa shape index (κ2) is 12.9. The molecule has 8 heteroatoms. The van der Waals surface area contributed by atoms with Crippen molar-refractivity contribution in [2.45, 2.75) is 57.5 Å². The van der Waals surface area contributed by atoms with Crippen molar-refractivity contribution >= 4 is 5.91 Å². The Bertz CT molecular complexity index is 588. The van der Waals surface area contributed by atoms with Gasteiger partial charge in [-0.3, -0.25) is 4.79 Å². The Morgan fingerprint density at radius 2 is 1.86 bits per heavy atom. The van der Waals surface area contributed by atoms with Gasteiger partial charge in [0.15, 0.2) is 6.29 Å². The minimum atomic E-state index is -0.671. The van der Waals surface area contributed by atoms with Gasteiger partial charge in [-0.15, -0.1) is 0 Å². The van der Waals surface area contributed by atoms with Crippen LogP contribution >= 0.6 is 0 Å². The van der Waals surface area contributed by atoms with Crippen LogP contribution in [0.4, 0.5) is 0 Å². The van der Waals surface area contributed by atoms with Crippen LogP contribution in [-0.2, 0) is 35.1 Å². The summed E-state index contributed by atoms with van der Waals surface area (Å²) < 4.78 is 29.5. The van der Waals surface area contributed by atoms with Crippen molar-refractivity contribution in [3.05, 3.63) is 35.9 Å². The molecule has 0 spiro atoms. The van der Waals surface area contributed by atoms with Gasteiger partial charge >= 0.3 is 0 Å². The Hall–Kier alpha value is -1.55. The molecular formula is C21H34N2O6. The second-order valence-electron chi connectivity index (χ2n) is 6.75. The number of amides is 1. The van der Waals surface area contributed by atoms with Gasteiger partial charge < -0.3 is 34.7 Å². The zero-order chi connectivity index (χ0) is 21.1. The van der Waals surface area contributed by atoms with Crippen molar-refractivity contribution in [2.24, 2.45) is 5.73 Å². The molecule has 164 valence electrons. The first kappa shape index (κ1) is 23.7. The van der Waals surface area contributed by atoms with Gasteiger partial charge in [-0.2, -0.15) is 0 Å². The van der Waals surface area contributed by atoms with Gasteiger partial charge in [0.1, 0.15) is 24.4 Å². The number of nitrogens with two attached hydrogens (primary N) is 1. The molecule has 5 atom stereocenters. The number of hydrogen-bond donors (Lipinski definition) is 2. The van der Waals surface area contributed by atoms with Crippen molar-refractivity contribution in [3.8, 4) is 0 Å². The first-order chi connectivity index (χ1) is 14.1. The summed E-state index contributed by atoms with van der Waals surface area (Å²) in [5.74, 6) is -0.177. The lowest BCUT2D eigenvalue weighted by atomic mass is 9.96. The van der Waals surface area contributed by atoms with E-state index in [1.54, 1.807) is 7.11 Å². The summed E-state index contributed by atoms with van der Waals surface area (Å²) in [7, 11) is 1.60. The number of methoxy groups -OCH3 is 1. The molecule has 1 amide bonds. The molecule has 1 aliphatic rings. The first-order valence-corrected chi connectivity index (χ1v) is 10.2. The molecule has 0 radical (unpaired) electrons. The smallest absolute Gasteiger partial charge is 0.221 e. The van der Waals surface area contributed by atoms with Crippen molar-refractivity contribution < 1.29 is 28.5 Å².